The lowest BCUT2D eigenvalue weighted by molar-refractivity contribution is 0.0840. The first-order valence-electron chi connectivity index (χ1n) is 6.68. The minimum absolute atomic E-state index is 0.0583. The largest absolute Gasteiger partial charge is 0.483 e. The van der Waals surface area contributed by atoms with Crippen LogP contribution >= 0.6 is 11.6 Å². The first-order chi connectivity index (χ1) is 9.69. The molecule has 1 aliphatic rings. The highest BCUT2D eigenvalue weighted by Gasteiger charge is 2.29. The van der Waals surface area contributed by atoms with E-state index < -0.39 is 0 Å². The topological polar surface area (TPSA) is 44.1 Å². The zero-order chi connectivity index (χ0) is 14.1. The minimum atomic E-state index is -0.273. The number of benzene rings is 1. The van der Waals surface area contributed by atoms with Crippen molar-refractivity contribution in [1.82, 2.24) is 9.55 Å². The van der Waals surface area contributed by atoms with Gasteiger partial charge in [0.05, 0.1) is 30.2 Å². The average Bonchev–Trinajstić information content (AvgIpc) is 2.88. The van der Waals surface area contributed by atoms with E-state index >= 15 is 0 Å². The van der Waals surface area contributed by atoms with E-state index in [2.05, 4.69) is 11.9 Å². The van der Waals surface area contributed by atoms with Crippen LogP contribution in [0.15, 0.2) is 30.7 Å². The van der Waals surface area contributed by atoms with Crippen molar-refractivity contribution >= 4 is 17.4 Å². The Labute approximate surface area is 122 Å². The van der Waals surface area contributed by atoms with E-state index in [0.717, 1.165) is 18.7 Å². The van der Waals surface area contributed by atoms with Crippen LogP contribution in [-0.4, -0.2) is 15.3 Å². The van der Waals surface area contributed by atoms with E-state index in [1.807, 2.05) is 4.57 Å². The number of hydrogen-bond donors (Lipinski definition) is 0. The number of imidazole rings is 1. The fourth-order valence-electron chi connectivity index (χ4n) is 2.49. The van der Waals surface area contributed by atoms with Crippen LogP contribution in [0.3, 0.4) is 0 Å². The highest BCUT2D eigenvalue weighted by Crippen LogP contribution is 2.36. The molecule has 3 rings (SSSR count). The Morgan fingerprint density at radius 1 is 1.50 bits per heavy atom. The Kier molecular flexibility index (Phi) is 3.49. The van der Waals surface area contributed by atoms with Crippen LogP contribution in [0.2, 0.25) is 5.02 Å². The molecule has 4 nitrogen and oxygen atoms in total. The Bertz CT molecular complexity index is 651. The van der Waals surface area contributed by atoms with Crippen LogP contribution in [0.1, 0.15) is 41.9 Å². The van der Waals surface area contributed by atoms with Gasteiger partial charge in [-0.2, -0.15) is 0 Å². The predicted octanol–water partition coefficient (Wildman–Crippen LogP) is 3.65. The summed E-state index contributed by atoms with van der Waals surface area (Å²) in [6, 6.07) is 5.15. The average molecular weight is 291 g/mol. The molecule has 0 saturated heterocycles. The quantitative estimate of drug-likeness (QED) is 0.866. The summed E-state index contributed by atoms with van der Waals surface area (Å²) in [4.78, 5) is 16.4. The molecule has 104 valence electrons. The smallest absolute Gasteiger partial charge is 0.170 e. The Balaban J connectivity index is 1.93. The summed E-state index contributed by atoms with van der Waals surface area (Å²) in [5, 5.41) is 0.551. The lowest BCUT2D eigenvalue weighted by Gasteiger charge is -2.26. The molecule has 2 aromatic rings. The van der Waals surface area contributed by atoms with E-state index in [0.29, 0.717) is 22.8 Å². The van der Waals surface area contributed by atoms with Crippen molar-refractivity contribution in [1.29, 1.82) is 0 Å². The van der Waals surface area contributed by atoms with Crippen LogP contribution in [-0.2, 0) is 6.54 Å². The van der Waals surface area contributed by atoms with Crippen LogP contribution in [0, 0.1) is 0 Å². The van der Waals surface area contributed by atoms with Gasteiger partial charge in [-0.05, 0) is 24.6 Å². The number of halogens is 1. The molecule has 0 spiro atoms. The zero-order valence-corrected chi connectivity index (χ0v) is 11.9. The summed E-state index contributed by atoms with van der Waals surface area (Å²) in [5.41, 5.74) is 1.51. The third-order valence-corrected chi connectivity index (χ3v) is 3.66. The number of aromatic nitrogens is 2. The number of hydrogen-bond acceptors (Lipinski definition) is 3. The summed E-state index contributed by atoms with van der Waals surface area (Å²) < 4.78 is 7.99. The molecule has 0 N–H and O–H groups in total. The van der Waals surface area contributed by atoms with Gasteiger partial charge in [-0.25, -0.2) is 4.98 Å². The second-order valence-electron chi connectivity index (χ2n) is 4.89. The minimum Gasteiger partial charge on any atom is -0.483 e. The molecule has 1 aromatic carbocycles. The predicted molar refractivity (Wildman–Crippen MR) is 76.3 cm³/mol. The number of fused-ring (bicyclic) bond motifs is 1. The normalized spacial score (nSPS) is 17.7. The van der Waals surface area contributed by atoms with Crippen molar-refractivity contribution in [3.8, 4) is 5.75 Å². The monoisotopic (exact) mass is 290 g/mol. The second-order valence-corrected chi connectivity index (χ2v) is 5.32. The first-order valence-corrected chi connectivity index (χ1v) is 7.06. The number of ether oxygens (including phenoxy) is 1. The van der Waals surface area contributed by atoms with Gasteiger partial charge in [0.25, 0.3) is 0 Å². The number of nitrogens with zero attached hydrogens (tertiary/aromatic N) is 2. The Morgan fingerprint density at radius 2 is 2.35 bits per heavy atom. The molecule has 0 saturated carbocycles. The van der Waals surface area contributed by atoms with E-state index in [4.69, 9.17) is 16.3 Å². The summed E-state index contributed by atoms with van der Waals surface area (Å²) in [6.45, 7) is 2.98. The molecule has 0 fully saturated rings. The molecule has 0 amide bonds. The van der Waals surface area contributed by atoms with Crippen molar-refractivity contribution in [2.45, 2.75) is 32.4 Å². The maximum Gasteiger partial charge on any atom is 0.170 e. The van der Waals surface area contributed by atoms with Gasteiger partial charge in [0.15, 0.2) is 5.78 Å². The molecule has 0 radical (unpaired) electrons. The third-order valence-electron chi connectivity index (χ3n) is 3.42. The summed E-state index contributed by atoms with van der Waals surface area (Å²) in [5.74, 6) is 0.655. The standard InChI is InChI=1S/C15H15ClN2O2/c1-2-5-18-9-17-8-12(18)15-7-13(19)11-6-10(16)3-4-14(11)20-15/h3-4,6,8-9,15H,2,5,7H2,1H3. The third kappa shape index (κ3) is 2.31. The molecular weight excluding hydrogens is 276 g/mol. The van der Waals surface area contributed by atoms with E-state index in [-0.39, 0.29) is 11.9 Å². The molecule has 1 aliphatic heterocycles. The van der Waals surface area contributed by atoms with Crippen molar-refractivity contribution in [3.63, 3.8) is 0 Å². The van der Waals surface area contributed by atoms with Crippen molar-refractivity contribution in [2.75, 3.05) is 0 Å². The molecule has 2 heterocycles. The van der Waals surface area contributed by atoms with Gasteiger partial charge in [-0.1, -0.05) is 18.5 Å². The van der Waals surface area contributed by atoms with Crippen LogP contribution in [0.5, 0.6) is 5.75 Å². The number of carbonyl (C=O) groups is 1. The molecule has 1 unspecified atom stereocenters. The lowest BCUT2D eigenvalue weighted by atomic mass is 9.99. The lowest BCUT2D eigenvalue weighted by Crippen LogP contribution is -2.22. The molecule has 1 aromatic heterocycles. The molecule has 20 heavy (non-hydrogen) atoms. The van der Waals surface area contributed by atoms with Crippen LogP contribution in [0.4, 0.5) is 0 Å². The Morgan fingerprint density at radius 3 is 3.15 bits per heavy atom. The van der Waals surface area contributed by atoms with E-state index in [9.17, 15) is 4.79 Å². The second kappa shape index (κ2) is 5.29. The zero-order valence-electron chi connectivity index (χ0n) is 11.2. The van der Waals surface area contributed by atoms with Gasteiger partial charge >= 0.3 is 0 Å². The first kappa shape index (κ1) is 13.2. The maximum atomic E-state index is 12.2. The molecule has 1 atom stereocenters. The SMILES string of the molecule is CCCn1cncc1C1CC(=O)c2cc(Cl)ccc2O1. The molecule has 5 heteroatoms. The van der Waals surface area contributed by atoms with Gasteiger partial charge < -0.3 is 9.30 Å². The van der Waals surface area contributed by atoms with Crippen molar-refractivity contribution < 1.29 is 9.53 Å². The summed E-state index contributed by atoms with van der Waals surface area (Å²) in [7, 11) is 0. The van der Waals surface area contributed by atoms with Gasteiger partial charge in [-0.3, -0.25) is 4.79 Å². The van der Waals surface area contributed by atoms with Gasteiger partial charge in [0.1, 0.15) is 11.9 Å². The van der Waals surface area contributed by atoms with Crippen molar-refractivity contribution in [3.05, 3.63) is 47.0 Å². The van der Waals surface area contributed by atoms with Crippen LogP contribution < -0.4 is 4.74 Å². The number of Topliss-reactive ketones (excluding diaryl/α,β-unsaturated/α-hetero) is 1. The van der Waals surface area contributed by atoms with Crippen molar-refractivity contribution in [2.24, 2.45) is 0 Å². The number of ketones is 1. The van der Waals surface area contributed by atoms with Crippen LogP contribution in [0.25, 0.3) is 0 Å². The Hall–Kier alpha value is -1.81. The fraction of sp³-hybridized carbons (Fsp3) is 0.333. The number of aryl methyl sites for hydroxylation is 1. The maximum absolute atomic E-state index is 12.2. The van der Waals surface area contributed by atoms with Gasteiger partial charge in [0.2, 0.25) is 0 Å². The highest BCUT2D eigenvalue weighted by molar-refractivity contribution is 6.31. The van der Waals surface area contributed by atoms with Gasteiger partial charge in [-0.15, -0.1) is 0 Å². The number of carbonyl (C=O) groups excluding carboxylic acids is 1. The summed E-state index contributed by atoms with van der Waals surface area (Å²) in [6.07, 6.45) is 4.61. The number of rotatable bonds is 3. The van der Waals surface area contributed by atoms with E-state index in [1.165, 1.54) is 0 Å². The highest BCUT2D eigenvalue weighted by atomic mass is 35.5. The summed E-state index contributed by atoms with van der Waals surface area (Å²) >= 11 is 5.92. The molecule has 0 aliphatic carbocycles. The fourth-order valence-corrected chi connectivity index (χ4v) is 2.66. The molecule has 0 bridgehead atoms. The van der Waals surface area contributed by atoms with E-state index in [1.54, 1.807) is 30.7 Å². The van der Waals surface area contributed by atoms with Gasteiger partial charge in [0, 0.05) is 11.6 Å². The molecular formula is C15H15ClN2O2.